The van der Waals surface area contributed by atoms with Crippen molar-refractivity contribution in [1.82, 2.24) is 4.90 Å². The summed E-state index contributed by atoms with van der Waals surface area (Å²) in [5.74, 6) is -0.151. The van der Waals surface area contributed by atoms with E-state index < -0.39 is 10.1 Å². The lowest BCUT2D eigenvalue weighted by atomic mass is 9.87. The predicted molar refractivity (Wildman–Crippen MR) is 94.8 cm³/mol. The van der Waals surface area contributed by atoms with Gasteiger partial charge in [0.1, 0.15) is 0 Å². The van der Waals surface area contributed by atoms with Crippen molar-refractivity contribution in [2.45, 2.75) is 32.6 Å². The second kappa shape index (κ2) is 7.20. The number of piperazine rings is 1. The standard InChI is InChI=1S/C17H28N2O3S/c1-17(2,3)15-5-7-16(8-6-15)19-12-10-18(11-13-19)9-4-14-23(20,21)22/h5-8H,4,9-14H2,1-3H3,(H,20,21,22). The monoisotopic (exact) mass is 340 g/mol. The summed E-state index contributed by atoms with van der Waals surface area (Å²) in [5, 5.41) is 0. The molecule has 1 saturated heterocycles. The quantitative estimate of drug-likeness (QED) is 0.834. The first-order chi connectivity index (χ1) is 10.6. The van der Waals surface area contributed by atoms with E-state index >= 15 is 0 Å². The molecule has 0 amide bonds. The van der Waals surface area contributed by atoms with E-state index in [2.05, 4.69) is 54.8 Å². The Bertz CT molecular complexity index is 598. The van der Waals surface area contributed by atoms with Crippen LogP contribution in [0.5, 0.6) is 0 Å². The molecule has 1 aromatic rings. The second-order valence-corrected chi connectivity index (χ2v) is 8.84. The van der Waals surface area contributed by atoms with E-state index in [1.165, 1.54) is 11.3 Å². The van der Waals surface area contributed by atoms with Crippen molar-refractivity contribution in [3.05, 3.63) is 29.8 Å². The lowest BCUT2D eigenvalue weighted by Gasteiger charge is -2.36. The van der Waals surface area contributed by atoms with Crippen molar-refractivity contribution in [2.75, 3.05) is 43.4 Å². The smallest absolute Gasteiger partial charge is 0.264 e. The highest BCUT2D eigenvalue weighted by molar-refractivity contribution is 7.85. The minimum atomic E-state index is -3.83. The van der Waals surface area contributed by atoms with E-state index in [0.717, 1.165) is 32.7 Å². The van der Waals surface area contributed by atoms with Gasteiger partial charge in [0.05, 0.1) is 5.75 Å². The van der Waals surface area contributed by atoms with Crippen molar-refractivity contribution in [3.8, 4) is 0 Å². The zero-order valence-corrected chi connectivity index (χ0v) is 15.1. The van der Waals surface area contributed by atoms with E-state index in [-0.39, 0.29) is 11.2 Å². The molecule has 1 heterocycles. The molecule has 0 radical (unpaired) electrons. The second-order valence-electron chi connectivity index (χ2n) is 7.27. The van der Waals surface area contributed by atoms with Crippen molar-refractivity contribution in [2.24, 2.45) is 0 Å². The van der Waals surface area contributed by atoms with Gasteiger partial charge in [-0.2, -0.15) is 8.42 Å². The Morgan fingerprint density at radius 1 is 1.04 bits per heavy atom. The SMILES string of the molecule is CC(C)(C)c1ccc(N2CCN(CCCS(=O)(=O)O)CC2)cc1. The summed E-state index contributed by atoms with van der Waals surface area (Å²) < 4.78 is 30.2. The lowest BCUT2D eigenvalue weighted by molar-refractivity contribution is 0.258. The van der Waals surface area contributed by atoms with Crippen LogP contribution in [0.2, 0.25) is 0 Å². The Labute approximate surface area is 140 Å². The van der Waals surface area contributed by atoms with Gasteiger partial charge >= 0.3 is 0 Å². The van der Waals surface area contributed by atoms with Crippen LogP contribution in [0.4, 0.5) is 5.69 Å². The topological polar surface area (TPSA) is 60.9 Å². The summed E-state index contributed by atoms with van der Waals surface area (Å²) in [6.45, 7) is 11.1. The number of anilines is 1. The molecule has 0 atom stereocenters. The minimum Gasteiger partial charge on any atom is -0.369 e. The average molecular weight is 340 g/mol. The third kappa shape index (κ3) is 5.79. The van der Waals surface area contributed by atoms with Crippen LogP contribution < -0.4 is 4.90 Å². The van der Waals surface area contributed by atoms with Gasteiger partial charge in [-0.05, 0) is 36.1 Å². The van der Waals surface area contributed by atoms with Crippen LogP contribution in [-0.2, 0) is 15.5 Å². The third-order valence-electron chi connectivity index (χ3n) is 4.35. The fourth-order valence-corrected chi connectivity index (χ4v) is 3.37. The molecule has 2 rings (SSSR count). The van der Waals surface area contributed by atoms with Gasteiger partial charge in [0.25, 0.3) is 10.1 Å². The van der Waals surface area contributed by atoms with Gasteiger partial charge in [-0.1, -0.05) is 32.9 Å². The van der Waals surface area contributed by atoms with Crippen LogP contribution in [0.25, 0.3) is 0 Å². The number of hydrogen-bond acceptors (Lipinski definition) is 4. The molecule has 130 valence electrons. The molecular formula is C17H28N2O3S. The van der Waals surface area contributed by atoms with Crippen LogP contribution in [0.1, 0.15) is 32.8 Å². The van der Waals surface area contributed by atoms with Gasteiger partial charge in [-0.25, -0.2) is 0 Å². The van der Waals surface area contributed by atoms with Crippen molar-refractivity contribution < 1.29 is 13.0 Å². The molecule has 0 saturated carbocycles. The Hall–Kier alpha value is -1.11. The Balaban J connectivity index is 1.82. The van der Waals surface area contributed by atoms with Gasteiger partial charge < -0.3 is 4.90 Å². The van der Waals surface area contributed by atoms with Crippen molar-refractivity contribution in [3.63, 3.8) is 0 Å². The molecule has 0 aromatic heterocycles. The van der Waals surface area contributed by atoms with Crippen LogP contribution in [0, 0.1) is 0 Å². The Kier molecular flexibility index (Phi) is 5.70. The fourth-order valence-electron chi connectivity index (χ4n) is 2.87. The summed E-state index contributed by atoms with van der Waals surface area (Å²) in [6.07, 6.45) is 0.485. The largest absolute Gasteiger partial charge is 0.369 e. The molecule has 0 bridgehead atoms. The van der Waals surface area contributed by atoms with Gasteiger partial charge in [0.2, 0.25) is 0 Å². The van der Waals surface area contributed by atoms with Crippen molar-refractivity contribution in [1.29, 1.82) is 0 Å². The molecule has 1 aliphatic heterocycles. The highest BCUT2D eigenvalue weighted by atomic mass is 32.2. The number of benzene rings is 1. The van der Waals surface area contributed by atoms with Gasteiger partial charge in [-0.3, -0.25) is 9.45 Å². The number of hydrogen-bond donors (Lipinski definition) is 1. The van der Waals surface area contributed by atoms with E-state index in [9.17, 15) is 8.42 Å². The first kappa shape index (κ1) is 18.2. The van der Waals surface area contributed by atoms with Crippen LogP contribution in [-0.4, -0.2) is 56.3 Å². The third-order valence-corrected chi connectivity index (χ3v) is 5.15. The maximum absolute atomic E-state index is 10.7. The van der Waals surface area contributed by atoms with E-state index in [4.69, 9.17) is 4.55 Å². The van der Waals surface area contributed by atoms with Gasteiger partial charge in [0.15, 0.2) is 0 Å². The zero-order chi connectivity index (χ0) is 17.1. The van der Waals surface area contributed by atoms with Crippen LogP contribution >= 0.6 is 0 Å². The molecule has 1 fully saturated rings. The van der Waals surface area contributed by atoms with Gasteiger partial charge in [0, 0.05) is 31.9 Å². The van der Waals surface area contributed by atoms with E-state index in [1.54, 1.807) is 0 Å². The summed E-state index contributed by atoms with van der Waals surface area (Å²) in [6, 6.07) is 8.78. The molecular weight excluding hydrogens is 312 g/mol. The van der Waals surface area contributed by atoms with E-state index in [0.29, 0.717) is 6.42 Å². The Morgan fingerprint density at radius 3 is 2.09 bits per heavy atom. The maximum atomic E-state index is 10.7. The average Bonchev–Trinajstić information content (AvgIpc) is 2.46. The number of rotatable bonds is 5. The molecule has 1 aromatic carbocycles. The highest BCUT2D eigenvalue weighted by Gasteiger charge is 2.19. The maximum Gasteiger partial charge on any atom is 0.264 e. The Morgan fingerprint density at radius 2 is 1.61 bits per heavy atom. The molecule has 0 aliphatic carbocycles. The van der Waals surface area contributed by atoms with E-state index in [1.807, 2.05) is 0 Å². The lowest BCUT2D eigenvalue weighted by Crippen LogP contribution is -2.46. The molecule has 6 heteroatoms. The first-order valence-corrected chi connectivity index (χ1v) is 9.79. The first-order valence-electron chi connectivity index (χ1n) is 8.18. The highest BCUT2D eigenvalue weighted by Crippen LogP contribution is 2.25. The number of nitrogens with zero attached hydrogens (tertiary/aromatic N) is 2. The molecule has 0 spiro atoms. The summed E-state index contributed by atoms with van der Waals surface area (Å²) in [7, 11) is -3.83. The summed E-state index contributed by atoms with van der Waals surface area (Å²) in [4.78, 5) is 4.62. The molecule has 1 N–H and O–H groups in total. The zero-order valence-electron chi connectivity index (χ0n) is 14.3. The summed E-state index contributed by atoms with van der Waals surface area (Å²) in [5.41, 5.74) is 2.75. The summed E-state index contributed by atoms with van der Waals surface area (Å²) >= 11 is 0. The van der Waals surface area contributed by atoms with Crippen LogP contribution in [0.3, 0.4) is 0 Å². The predicted octanol–water partition coefficient (Wildman–Crippen LogP) is 2.38. The molecule has 5 nitrogen and oxygen atoms in total. The molecule has 23 heavy (non-hydrogen) atoms. The molecule has 1 aliphatic rings. The molecule has 0 unspecified atom stereocenters. The normalized spacial score (nSPS) is 17.5. The minimum absolute atomic E-state index is 0.151. The fraction of sp³-hybridized carbons (Fsp3) is 0.647. The van der Waals surface area contributed by atoms with Crippen LogP contribution in [0.15, 0.2) is 24.3 Å². The van der Waals surface area contributed by atoms with Gasteiger partial charge in [-0.15, -0.1) is 0 Å². The van der Waals surface area contributed by atoms with Crippen molar-refractivity contribution >= 4 is 15.8 Å².